The molecule has 2 aromatic rings. The molecule has 0 saturated heterocycles. The average molecular weight is 292 g/mol. The monoisotopic (exact) mass is 292 g/mol. The Morgan fingerprint density at radius 3 is 2.86 bits per heavy atom. The third kappa shape index (κ3) is 3.39. The van der Waals surface area contributed by atoms with E-state index in [0.29, 0.717) is 18.5 Å². The van der Waals surface area contributed by atoms with E-state index in [1.165, 1.54) is 12.1 Å². The van der Waals surface area contributed by atoms with Crippen molar-refractivity contribution < 1.29 is 9.18 Å². The molecule has 0 aliphatic carbocycles. The number of aryl methyl sites for hydroxylation is 1. The third-order valence-electron chi connectivity index (χ3n) is 3.60. The number of amides is 1. The van der Waals surface area contributed by atoms with Crippen LogP contribution in [0.4, 0.5) is 4.39 Å². The van der Waals surface area contributed by atoms with E-state index in [1.807, 2.05) is 25.5 Å². The fourth-order valence-corrected chi connectivity index (χ4v) is 2.16. The smallest absolute Gasteiger partial charge is 0.237 e. The topological polar surface area (TPSA) is 72.9 Å². The number of hydrogen-bond acceptors (Lipinski definition) is 3. The molecule has 1 aromatic carbocycles. The quantitative estimate of drug-likeness (QED) is 0.874. The van der Waals surface area contributed by atoms with Crippen LogP contribution in [0.1, 0.15) is 19.7 Å². The lowest BCUT2D eigenvalue weighted by atomic mass is 10.1. The van der Waals surface area contributed by atoms with Crippen LogP contribution >= 0.6 is 0 Å². The van der Waals surface area contributed by atoms with E-state index in [9.17, 15) is 9.18 Å². The second kappa shape index (κ2) is 6.22. The number of rotatable bonds is 5. The maximum atomic E-state index is 13.2. The van der Waals surface area contributed by atoms with Crippen molar-refractivity contribution in [3.8, 4) is 0 Å². The number of aromatic nitrogens is 2. The predicted molar refractivity (Wildman–Crippen MR) is 80.2 cm³/mol. The number of nitrogens with two attached hydrogens (primary N) is 1. The lowest BCUT2D eigenvalue weighted by Gasteiger charge is -2.15. The first-order valence-corrected chi connectivity index (χ1v) is 7.04. The number of halogens is 1. The summed E-state index contributed by atoms with van der Waals surface area (Å²) in [7, 11) is 1.88. The second-order valence-electron chi connectivity index (χ2n) is 5.53. The van der Waals surface area contributed by atoms with Gasteiger partial charge in [0.1, 0.15) is 11.6 Å². The number of benzene rings is 1. The Kier molecular flexibility index (Phi) is 4.57. The standard InChI is InChI=1S/C15H21FN4O/c1-9(2)14(17)15(21)18-7-6-13-19-11-8-10(16)4-5-12(11)20(13)3/h4-5,8-9,14H,6-7,17H2,1-3H3,(H,18,21)/t14-/m0/s1. The summed E-state index contributed by atoms with van der Waals surface area (Å²) in [6, 6.07) is 4.03. The van der Waals surface area contributed by atoms with Gasteiger partial charge in [-0.05, 0) is 18.1 Å². The molecule has 1 heterocycles. The van der Waals surface area contributed by atoms with Gasteiger partial charge in [0.05, 0.1) is 17.1 Å². The molecule has 0 unspecified atom stereocenters. The van der Waals surface area contributed by atoms with Gasteiger partial charge >= 0.3 is 0 Å². The van der Waals surface area contributed by atoms with E-state index in [-0.39, 0.29) is 17.6 Å². The summed E-state index contributed by atoms with van der Waals surface area (Å²) < 4.78 is 15.1. The molecule has 0 aliphatic rings. The van der Waals surface area contributed by atoms with Crippen molar-refractivity contribution in [2.75, 3.05) is 6.54 Å². The van der Waals surface area contributed by atoms with Crippen molar-refractivity contribution in [3.05, 3.63) is 29.8 Å². The maximum Gasteiger partial charge on any atom is 0.237 e. The largest absolute Gasteiger partial charge is 0.354 e. The average Bonchev–Trinajstić information content (AvgIpc) is 2.73. The van der Waals surface area contributed by atoms with Gasteiger partial charge in [0, 0.05) is 26.1 Å². The summed E-state index contributed by atoms with van der Waals surface area (Å²) in [6.45, 7) is 4.27. The highest BCUT2D eigenvalue weighted by Gasteiger charge is 2.16. The molecule has 114 valence electrons. The molecular weight excluding hydrogens is 271 g/mol. The summed E-state index contributed by atoms with van der Waals surface area (Å²) in [5.74, 6) is 0.441. The van der Waals surface area contributed by atoms with Gasteiger partial charge in [-0.25, -0.2) is 9.37 Å². The van der Waals surface area contributed by atoms with Crippen molar-refractivity contribution in [1.29, 1.82) is 0 Å². The molecule has 2 rings (SSSR count). The molecule has 0 fully saturated rings. The van der Waals surface area contributed by atoms with Crippen LogP contribution in [0.2, 0.25) is 0 Å². The SMILES string of the molecule is CC(C)[C@H](N)C(=O)NCCc1nc2cc(F)ccc2n1C. The number of imidazole rings is 1. The first-order chi connectivity index (χ1) is 9.90. The Morgan fingerprint density at radius 2 is 2.19 bits per heavy atom. The van der Waals surface area contributed by atoms with Crippen molar-refractivity contribution in [2.45, 2.75) is 26.3 Å². The van der Waals surface area contributed by atoms with Crippen LogP contribution in [0.25, 0.3) is 11.0 Å². The van der Waals surface area contributed by atoms with Crippen LogP contribution in [-0.2, 0) is 18.3 Å². The Hall–Kier alpha value is -1.95. The normalized spacial score (nSPS) is 12.9. The van der Waals surface area contributed by atoms with Crippen LogP contribution in [0.5, 0.6) is 0 Å². The zero-order chi connectivity index (χ0) is 15.6. The fourth-order valence-electron chi connectivity index (χ4n) is 2.16. The van der Waals surface area contributed by atoms with E-state index in [0.717, 1.165) is 11.3 Å². The Bertz CT molecular complexity index is 650. The highest BCUT2D eigenvalue weighted by Crippen LogP contribution is 2.16. The molecule has 0 aliphatic heterocycles. The van der Waals surface area contributed by atoms with Crippen molar-refractivity contribution in [2.24, 2.45) is 18.7 Å². The second-order valence-corrected chi connectivity index (χ2v) is 5.53. The number of carbonyl (C=O) groups is 1. The van der Waals surface area contributed by atoms with Crippen molar-refractivity contribution >= 4 is 16.9 Å². The maximum absolute atomic E-state index is 13.2. The fraction of sp³-hybridized carbons (Fsp3) is 0.467. The van der Waals surface area contributed by atoms with Crippen LogP contribution in [0, 0.1) is 11.7 Å². The molecule has 3 N–H and O–H groups in total. The molecule has 5 nitrogen and oxygen atoms in total. The predicted octanol–water partition coefficient (Wildman–Crippen LogP) is 1.35. The zero-order valence-corrected chi connectivity index (χ0v) is 12.6. The van der Waals surface area contributed by atoms with Gasteiger partial charge in [-0.15, -0.1) is 0 Å². The molecule has 1 atom stereocenters. The van der Waals surface area contributed by atoms with Gasteiger partial charge in [-0.2, -0.15) is 0 Å². The highest BCUT2D eigenvalue weighted by molar-refractivity contribution is 5.81. The van der Waals surface area contributed by atoms with E-state index in [1.54, 1.807) is 6.07 Å². The van der Waals surface area contributed by atoms with Gasteiger partial charge in [-0.3, -0.25) is 4.79 Å². The zero-order valence-electron chi connectivity index (χ0n) is 12.6. The number of fused-ring (bicyclic) bond motifs is 1. The molecular formula is C15H21FN4O. The van der Waals surface area contributed by atoms with Crippen LogP contribution in [0.15, 0.2) is 18.2 Å². The molecule has 0 radical (unpaired) electrons. The van der Waals surface area contributed by atoms with E-state index in [2.05, 4.69) is 10.3 Å². The third-order valence-corrected chi connectivity index (χ3v) is 3.60. The van der Waals surface area contributed by atoms with Gasteiger partial charge in [-0.1, -0.05) is 13.8 Å². The van der Waals surface area contributed by atoms with Gasteiger partial charge in [0.2, 0.25) is 5.91 Å². The van der Waals surface area contributed by atoms with Crippen LogP contribution < -0.4 is 11.1 Å². The summed E-state index contributed by atoms with van der Waals surface area (Å²) in [4.78, 5) is 16.2. The number of carbonyl (C=O) groups excluding carboxylic acids is 1. The first-order valence-electron chi connectivity index (χ1n) is 7.04. The van der Waals surface area contributed by atoms with Crippen molar-refractivity contribution in [1.82, 2.24) is 14.9 Å². The molecule has 6 heteroatoms. The lowest BCUT2D eigenvalue weighted by Crippen LogP contribution is -2.44. The van der Waals surface area contributed by atoms with Gasteiger partial charge < -0.3 is 15.6 Å². The van der Waals surface area contributed by atoms with E-state index >= 15 is 0 Å². The molecule has 0 bridgehead atoms. The summed E-state index contributed by atoms with van der Waals surface area (Å²) in [5.41, 5.74) is 7.27. The Morgan fingerprint density at radius 1 is 1.48 bits per heavy atom. The summed E-state index contributed by atoms with van der Waals surface area (Å²) in [5, 5.41) is 2.80. The molecule has 0 spiro atoms. The van der Waals surface area contributed by atoms with Gasteiger partial charge in [0.25, 0.3) is 0 Å². The first kappa shape index (κ1) is 15.4. The van der Waals surface area contributed by atoms with E-state index in [4.69, 9.17) is 5.73 Å². The molecule has 21 heavy (non-hydrogen) atoms. The molecule has 1 aromatic heterocycles. The number of nitrogens with zero attached hydrogens (tertiary/aromatic N) is 2. The minimum Gasteiger partial charge on any atom is -0.354 e. The molecule has 0 saturated carbocycles. The highest BCUT2D eigenvalue weighted by atomic mass is 19.1. The molecule has 1 amide bonds. The lowest BCUT2D eigenvalue weighted by molar-refractivity contribution is -0.123. The van der Waals surface area contributed by atoms with Crippen molar-refractivity contribution in [3.63, 3.8) is 0 Å². The minimum absolute atomic E-state index is 0.101. The van der Waals surface area contributed by atoms with Crippen LogP contribution in [-0.4, -0.2) is 28.0 Å². The Balaban J connectivity index is 2.01. The van der Waals surface area contributed by atoms with E-state index < -0.39 is 6.04 Å². The Labute approximate surface area is 123 Å². The minimum atomic E-state index is -0.500. The summed E-state index contributed by atoms with van der Waals surface area (Å²) >= 11 is 0. The van der Waals surface area contributed by atoms with Crippen LogP contribution in [0.3, 0.4) is 0 Å². The number of hydrogen-bond donors (Lipinski definition) is 2. The summed E-state index contributed by atoms with van der Waals surface area (Å²) in [6.07, 6.45) is 0.573. The van der Waals surface area contributed by atoms with Gasteiger partial charge in [0.15, 0.2) is 0 Å². The number of nitrogens with one attached hydrogen (secondary N) is 1.